The lowest BCUT2D eigenvalue weighted by Gasteiger charge is -2.34. The first-order valence-corrected chi connectivity index (χ1v) is 14.0. The van der Waals surface area contributed by atoms with Crippen LogP contribution >= 0.6 is 22.9 Å². The van der Waals surface area contributed by atoms with Gasteiger partial charge in [0.1, 0.15) is 6.04 Å². The van der Waals surface area contributed by atoms with Gasteiger partial charge in [-0.25, -0.2) is 8.42 Å². The average molecular weight is 551 g/mol. The van der Waals surface area contributed by atoms with Crippen LogP contribution in [0.5, 0.6) is 0 Å². The smallest absolute Gasteiger partial charge is 0.261 e. The Bertz CT molecular complexity index is 1350. The zero-order chi connectivity index (χ0) is 25.9. The highest BCUT2D eigenvalue weighted by Gasteiger charge is 2.31. The number of piperazine rings is 1. The van der Waals surface area contributed by atoms with E-state index < -0.39 is 27.9 Å². The molecule has 3 N–H and O–H groups in total. The summed E-state index contributed by atoms with van der Waals surface area (Å²) in [7, 11) is -2.14. The van der Waals surface area contributed by atoms with Crippen molar-refractivity contribution in [2.45, 2.75) is 17.9 Å². The highest BCUT2D eigenvalue weighted by molar-refractivity contribution is 7.89. The van der Waals surface area contributed by atoms with Crippen LogP contribution in [-0.4, -0.2) is 86.0 Å². The molecule has 1 fully saturated rings. The number of carbonyl (C=O) groups excluding carboxylic acids is 2. The standard InChI is InChI=1S/C23H27ClN6O4S2/c1-15-12-18(27-26-15)16-4-3-5-17(13-16)36(33,34)28-19(23(32)30-10-8-29(2)9-11-30)14-25-22(31)20-6-7-21(24)35-20/h3-7,12-13,19,28H,8-11,14H2,1-2H3,(H,25,31)(H,26,27)/t19-/m0/s1. The maximum Gasteiger partial charge on any atom is 0.261 e. The van der Waals surface area contributed by atoms with Crippen molar-refractivity contribution < 1.29 is 18.0 Å². The molecule has 1 aliphatic heterocycles. The molecule has 4 rings (SSSR count). The van der Waals surface area contributed by atoms with Crippen molar-refractivity contribution in [3.05, 3.63) is 57.4 Å². The van der Waals surface area contributed by atoms with Crippen LogP contribution in [0.4, 0.5) is 0 Å². The van der Waals surface area contributed by atoms with Crippen LogP contribution < -0.4 is 10.0 Å². The quantitative estimate of drug-likeness (QED) is 0.393. The number of sulfonamides is 1. The zero-order valence-electron chi connectivity index (χ0n) is 19.8. The van der Waals surface area contributed by atoms with E-state index in [1.165, 1.54) is 12.1 Å². The summed E-state index contributed by atoms with van der Waals surface area (Å²) < 4.78 is 29.7. The minimum absolute atomic E-state index is 0.00630. The number of thiophene rings is 1. The third-order valence-electron chi connectivity index (χ3n) is 5.82. The molecule has 1 aliphatic rings. The largest absolute Gasteiger partial charge is 0.349 e. The first kappa shape index (κ1) is 26.3. The third-order valence-corrected chi connectivity index (χ3v) is 8.52. The van der Waals surface area contributed by atoms with Crippen molar-refractivity contribution >= 4 is 44.8 Å². The van der Waals surface area contributed by atoms with E-state index >= 15 is 0 Å². The summed E-state index contributed by atoms with van der Waals surface area (Å²) in [6, 6.07) is 10.1. The summed E-state index contributed by atoms with van der Waals surface area (Å²) in [5, 5.41) is 9.69. The van der Waals surface area contributed by atoms with Crippen LogP contribution in [0.25, 0.3) is 11.3 Å². The number of halogens is 1. The fourth-order valence-electron chi connectivity index (χ4n) is 3.79. The van der Waals surface area contributed by atoms with Gasteiger partial charge in [-0.2, -0.15) is 9.82 Å². The molecule has 36 heavy (non-hydrogen) atoms. The second-order valence-corrected chi connectivity index (χ2v) is 12.0. The van der Waals surface area contributed by atoms with Crippen LogP contribution in [0.1, 0.15) is 15.4 Å². The Morgan fingerprint density at radius 3 is 2.56 bits per heavy atom. The van der Waals surface area contributed by atoms with Crippen molar-refractivity contribution in [3.63, 3.8) is 0 Å². The van der Waals surface area contributed by atoms with Gasteiger partial charge in [0.05, 0.1) is 19.8 Å². The Kier molecular flexibility index (Phi) is 8.10. The Balaban J connectivity index is 1.55. The van der Waals surface area contributed by atoms with Gasteiger partial charge in [-0.1, -0.05) is 23.7 Å². The minimum atomic E-state index is -4.10. The molecule has 0 spiro atoms. The van der Waals surface area contributed by atoms with E-state index in [1.54, 1.807) is 29.2 Å². The van der Waals surface area contributed by atoms with Crippen molar-refractivity contribution in [2.24, 2.45) is 0 Å². The van der Waals surface area contributed by atoms with E-state index in [0.29, 0.717) is 46.6 Å². The van der Waals surface area contributed by atoms with Gasteiger partial charge >= 0.3 is 0 Å². The van der Waals surface area contributed by atoms with E-state index in [-0.39, 0.29) is 11.4 Å². The summed E-state index contributed by atoms with van der Waals surface area (Å²) in [5.74, 6) is -0.826. The monoisotopic (exact) mass is 550 g/mol. The maximum absolute atomic E-state index is 13.4. The predicted octanol–water partition coefficient (Wildman–Crippen LogP) is 1.95. The molecular weight excluding hydrogens is 524 g/mol. The second kappa shape index (κ2) is 11.1. The van der Waals surface area contributed by atoms with Gasteiger partial charge in [-0.3, -0.25) is 14.7 Å². The van der Waals surface area contributed by atoms with Gasteiger partial charge in [0.25, 0.3) is 5.91 Å². The molecule has 1 atom stereocenters. The molecular formula is C23H27ClN6O4S2. The van der Waals surface area contributed by atoms with Crippen molar-refractivity contribution in [2.75, 3.05) is 39.8 Å². The van der Waals surface area contributed by atoms with Crippen molar-refractivity contribution in [1.82, 2.24) is 30.0 Å². The van der Waals surface area contributed by atoms with Crippen molar-refractivity contribution in [1.29, 1.82) is 0 Å². The number of amides is 2. The summed E-state index contributed by atoms with van der Waals surface area (Å²) in [4.78, 5) is 30.0. The molecule has 13 heteroatoms. The van der Waals surface area contributed by atoms with Crippen LogP contribution in [0, 0.1) is 6.92 Å². The number of H-pyrrole nitrogens is 1. The molecule has 2 aromatic heterocycles. The Hall–Kier alpha value is -2.77. The molecule has 0 bridgehead atoms. The molecule has 0 saturated carbocycles. The molecule has 0 unspecified atom stereocenters. The Morgan fingerprint density at radius 2 is 1.92 bits per heavy atom. The zero-order valence-corrected chi connectivity index (χ0v) is 22.2. The molecule has 0 aliphatic carbocycles. The third kappa shape index (κ3) is 6.31. The van der Waals surface area contributed by atoms with Gasteiger partial charge in [0.15, 0.2) is 0 Å². The molecule has 192 valence electrons. The number of nitrogens with zero attached hydrogens (tertiary/aromatic N) is 3. The number of nitrogens with one attached hydrogen (secondary N) is 3. The van der Waals surface area contributed by atoms with E-state index in [1.807, 2.05) is 20.0 Å². The summed E-state index contributed by atoms with van der Waals surface area (Å²) in [6.07, 6.45) is 0. The van der Waals surface area contributed by atoms with Crippen LogP contribution in [0.2, 0.25) is 4.34 Å². The van der Waals surface area contributed by atoms with E-state index in [9.17, 15) is 18.0 Å². The van der Waals surface area contributed by atoms with E-state index in [2.05, 4.69) is 25.1 Å². The number of rotatable bonds is 8. The van der Waals surface area contributed by atoms with Gasteiger partial charge in [-0.15, -0.1) is 11.3 Å². The van der Waals surface area contributed by atoms with Crippen LogP contribution in [0.3, 0.4) is 0 Å². The maximum atomic E-state index is 13.4. The second-order valence-electron chi connectivity index (χ2n) is 8.58. The molecule has 2 amide bonds. The lowest BCUT2D eigenvalue weighted by Crippen LogP contribution is -2.57. The molecule has 3 heterocycles. The summed E-state index contributed by atoms with van der Waals surface area (Å²) in [6.45, 7) is 3.93. The van der Waals surface area contributed by atoms with Gasteiger partial charge < -0.3 is 15.1 Å². The molecule has 1 saturated heterocycles. The SMILES string of the molecule is Cc1cc(-c2cccc(S(=O)(=O)N[C@@H](CNC(=O)c3ccc(Cl)s3)C(=O)N3CCN(C)CC3)c2)n[nH]1. The van der Waals surface area contributed by atoms with E-state index in [0.717, 1.165) is 17.0 Å². The number of aromatic amines is 1. The first-order chi connectivity index (χ1) is 17.1. The number of aryl methyl sites for hydroxylation is 1. The molecule has 1 aromatic carbocycles. The Labute approximate surface area is 218 Å². The van der Waals surface area contributed by atoms with E-state index in [4.69, 9.17) is 11.6 Å². The van der Waals surface area contributed by atoms with Crippen LogP contribution in [0.15, 0.2) is 47.4 Å². The topological polar surface area (TPSA) is 128 Å². The summed E-state index contributed by atoms with van der Waals surface area (Å²) >= 11 is 7.02. The number of benzene rings is 1. The average Bonchev–Trinajstić information content (AvgIpc) is 3.50. The number of hydrogen-bond donors (Lipinski definition) is 3. The summed E-state index contributed by atoms with van der Waals surface area (Å²) in [5.41, 5.74) is 2.07. The normalized spacial score (nSPS) is 15.6. The number of hydrogen-bond acceptors (Lipinski definition) is 7. The lowest BCUT2D eigenvalue weighted by atomic mass is 10.1. The highest BCUT2D eigenvalue weighted by atomic mass is 35.5. The predicted molar refractivity (Wildman–Crippen MR) is 139 cm³/mol. The first-order valence-electron chi connectivity index (χ1n) is 11.3. The van der Waals surface area contributed by atoms with Crippen molar-refractivity contribution in [3.8, 4) is 11.3 Å². The number of likely N-dealkylation sites (N-methyl/N-ethyl adjacent to an activating group) is 1. The van der Waals surface area contributed by atoms with Gasteiger partial charge in [-0.05, 0) is 44.3 Å². The van der Waals surface area contributed by atoms with Gasteiger partial charge in [0, 0.05) is 44.0 Å². The highest BCUT2D eigenvalue weighted by Crippen LogP contribution is 2.22. The molecule has 10 nitrogen and oxygen atoms in total. The molecule has 0 radical (unpaired) electrons. The fraction of sp³-hybridized carbons (Fsp3) is 0.348. The number of carbonyl (C=O) groups is 2. The molecule has 3 aromatic rings. The lowest BCUT2D eigenvalue weighted by molar-refractivity contribution is -0.134. The van der Waals surface area contributed by atoms with Gasteiger partial charge in [0.2, 0.25) is 15.9 Å². The fourth-order valence-corrected chi connectivity index (χ4v) is 5.98. The Morgan fingerprint density at radius 1 is 1.17 bits per heavy atom. The number of aromatic nitrogens is 2. The minimum Gasteiger partial charge on any atom is -0.349 e. The van der Waals surface area contributed by atoms with Crippen LogP contribution in [-0.2, 0) is 14.8 Å².